The Hall–Kier alpha value is -1.06. The van der Waals surface area contributed by atoms with E-state index in [-0.39, 0.29) is 10.0 Å². The number of nitrogens with zero attached hydrogens (tertiary/aromatic N) is 1. The van der Waals surface area contributed by atoms with E-state index >= 15 is 0 Å². The van der Waals surface area contributed by atoms with E-state index in [9.17, 15) is 4.39 Å². The smallest absolute Gasteiger partial charge is 0.161 e. The molecular formula is C13H11Cl2FN2. The summed E-state index contributed by atoms with van der Waals surface area (Å²) in [5.74, 6) is -0.630. The third kappa shape index (κ3) is 1.65. The first-order chi connectivity index (χ1) is 8.59. The molecule has 2 aromatic rings. The summed E-state index contributed by atoms with van der Waals surface area (Å²) in [7, 11) is 0. The third-order valence-electron chi connectivity index (χ3n) is 3.43. The molecule has 0 atom stereocenters. The number of hydrogen-bond donors (Lipinski definition) is 1. The molecule has 2 N–H and O–H groups in total. The largest absolute Gasteiger partial charge is 0.398 e. The highest BCUT2D eigenvalue weighted by Gasteiger charge is 2.20. The summed E-state index contributed by atoms with van der Waals surface area (Å²) in [6.07, 6.45) is 3.97. The van der Waals surface area contributed by atoms with Crippen molar-refractivity contribution in [3.05, 3.63) is 33.2 Å². The molecule has 18 heavy (non-hydrogen) atoms. The quantitative estimate of drug-likeness (QED) is 0.739. The SMILES string of the molecule is Nc1c2c(nc3cc(Cl)c(F)c(Cl)c13)CCCC2. The average Bonchev–Trinajstić information content (AvgIpc) is 2.36. The van der Waals surface area contributed by atoms with Crippen LogP contribution in [0.2, 0.25) is 10.0 Å². The zero-order valence-corrected chi connectivity index (χ0v) is 11.1. The Morgan fingerprint density at radius 1 is 1.22 bits per heavy atom. The van der Waals surface area contributed by atoms with Crippen LogP contribution in [0.1, 0.15) is 24.1 Å². The summed E-state index contributed by atoms with van der Waals surface area (Å²) in [4.78, 5) is 4.52. The Kier molecular flexibility index (Phi) is 2.83. The summed E-state index contributed by atoms with van der Waals surface area (Å²) in [6, 6.07) is 1.49. The fourth-order valence-electron chi connectivity index (χ4n) is 2.53. The predicted molar refractivity (Wildman–Crippen MR) is 72.8 cm³/mol. The second-order valence-electron chi connectivity index (χ2n) is 4.54. The fraction of sp³-hybridized carbons (Fsp3) is 0.308. The molecule has 0 radical (unpaired) electrons. The number of anilines is 1. The minimum atomic E-state index is -0.630. The number of aryl methyl sites for hydroxylation is 1. The lowest BCUT2D eigenvalue weighted by Gasteiger charge is -2.19. The van der Waals surface area contributed by atoms with Crippen molar-refractivity contribution < 1.29 is 4.39 Å². The van der Waals surface area contributed by atoms with E-state index in [1.807, 2.05) is 0 Å². The molecule has 1 aromatic carbocycles. The van der Waals surface area contributed by atoms with Crippen molar-refractivity contribution in [2.24, 2.45) is 0 Å². The van der Waals surface area contributed by atoms with Crippen LogP contribution in [0.15, 0.2) is 6.07 Å². The van der Waals surface area contributed by atoms with Crippen LogP contribution in [0.3, 0.4) is 0 Å². The minimum absolute atomic E-state index is 0.0184. The lowest BCUT2D eigenvalue weighted by Crippen LogP contribution is -2.10. The highest BCUT2D eigenvalue weighted by atomic mass is 35.5. The van der Waals surface area contributed by atoms with E-state index in [1.54, 1.807) is 0 Å². The van der Waals surface area contributed by atoms with E-state index in [1.165, 1.54) is 6.07 Å². The van der Waals surface area contributed by atoms with Crippen LogP contribution in [0.4, 0.5) is 10.1 Å². The number of nitrogens with two attached hydrogens (primary N) is 1. The van der Waals surface area contributed by atoms with Gasteiger partial charge in [-0.1, -0.05) is 23.2 Å². The van der Waals surface area contributed by atoms with Gasteiger partial charge >= 0.3 is 0 Å². The van der Waals surface area contributed by atoms with Gasteiger partial charge in [-0.25, -0.2) is 4.39 Å². The lowest BCUT2D eigenvalue weighted by atomic mass is 9.93. The molecule has 0 aliphatic heterocycles. The second kappa shape index (κ2) is 4.25. The molecule has 0 spiro atoms. The number of pyridine rings is 1. The molecule has 0 bridgehead atoms. The van der Waals surface area contributed by atoms with Crippen LogP contribution < -0.4 is 5.73 Å². The van der Waals surface area contributed by atoms with Gasteiger partial charge in [-0.3, -0.25) is 4.98 Å². The molecule has 5 heteroatoms. The first-order valence-electron chi connectivity index (χ1n) is 5.84. The number of aromatic nitrogens is 1. The van der Waals surface area contributed by atoms with Crippen molar-refractivity contribution in [2.45, 2.75) is 25.7 Å². The van der Waals surface area contributed by atoms with Gasteiger partial charge in [0.1, 0.15) is 0 Å². The lowest BCUT2D eigenvalue weighted by molar-refractivity contribution is 0.630. The molecule has 0 saturated carbocycles. The van der Waals surface area contributed by atoms with Crippen LogP contribution >= 0.6 is 23.2 Å². The highest BCUT2D eigenvalue weighted by Crippen LogP contribution is 2.38. The van der Waals surface area contributed by atoms with E-state index in [0.717, 1.165) is 36.9 Å². The van der Waals surface area contributed by atoms with Gasteiger partial charge in [-0.2, -0.15) is 0 Å². The molecule has 0 unspecified atom stereocenters. The molecule has 1 aliphatic rings. The standard InChI is InChI=1S/C13H11Cl2FN2/c14-7-5-9-10(11(15)12(7)16)13(17)6-3-1-2-4-8(6)18-9/h5H,1-4H2,(H2,17,18). The molecule has 3 rings (SSSR count). The first-order valence-corrected chi connectivity index (χ1v) is 6.59. The Balaban J connectivity index is 2.43. The van der Waals surface area contributed by atoms with Crippen LogP contribution in [0.25, 0.3) is 10.9 Å². The number of rotatable bonds is 0. The van der Waals surface area contributed by atoms with Crippen molar-refractivity contribution in [3.8, 4) is 0 Å². The number of hydrogen-bond acceptors (Lipinski definition) is 2. The molecular weight excluding hydrogens is 274 g/mol. The van der Waals surface area contributed by atoms with Gasteiger partial charge in [0.2, 0.25) is 0 Å². The van der Waals surface area contributed by atoms with Crippen molar-refractivity contribution in [2.75, 3.05) is 5.73 Å². The van der Waals surface area contributed by atoms with Crippen molar-refractivity contribution in [1.29, 1.82) is 0 Å². The Morgan fingerprint density at radius 3 is 2.72 bits per heavy atom. The Morgan fingerprint density at radius 2 is 1.94 bits per heavy atom. The van der Waals surface area contributed by atoms with Gasteiger partial charge in [0.05, 0.1) is 15.6 Å². The summed E-state index contributed by atoms with van der Waals surface area (Å²) in [5, 5.41) is 0.435. The Labute approximate surface area is 114 Å². The van der Waals surface area contributed by atoms with E-state index < -0.39 is 5.82 Å². The molecule has 2 nitrogen and oxygen atoms in total. The van der Waals surface area contributed by atoms with Crippen molar-refractivity contribution >= 4 is 39.8 Å². The van der Waals surface area contributed by atoms with Gasteiger partial charge in [-0.05, 0) is 37.3 Å². The monoisotopic (exact) mass is 284 g/mol. The summed E-state index contributed by atoms with van der Waals surface area (Å²) in [5.41, 5.74) is 9.25. The predicted octanol–water partition coefficient (Wildman–Crippen LogP) is 4.14. The minimum Gasteiger partial charge on any atom is -0.398 e. The number of fused-ring (bicyclic) bond motifs is 2. The zero-order valence-electron chi connectivity index (χ0n) is 9.56. The molecule has 1 heterocycles. The van der Waals surface area contributed by atoms with Crippen molar-refractivity contribution in [1.82, 2.24) is 4.98 Å². The maximum Gasteiger partial charge on any atom is 0.161 e. The third-order valence-corrected chi connectivity index (χ3v) is 4.06. The van der Waals surface area contributed by atoms with Crippen LogP contribution in [0, 0.1) is 5.82 Å². The maximum absolute atomic E-state index is 13.7. The Bertz CT molecular complexity index is 655. The molecule has 94 valence electrons. The van der Waals surface area contributed by atoms with Crippen LogP contribution in [-0.2, 0) is 12.8 Å². The molecule has 1 aliphatic carbocycles. The van der Waals surface area contributed by atoms with Gasteiger partial charge in [0.15, 0.2) is 5.82 Å². The van der Waals surface area contributed by atoms with Crippen LogP contribution in [0.5, 0.6) is 0 Å². The van der Waals surface area contributed by atoms with Gasteiger partial charge in [0.25, 0.3) is 0 Å². The zero-order chi connectivity index (χ0) is 12.9. The highest BCUT2D eigenvalue weighted by molar-refractivity contribution is 6.39. The van der Waals surface area contributed by atoms with E-state index in [0.29, 0.717) is 16.6 Å². The normalized spacial score (nSPS) is 14.8. The molecule has 0 saturated heterocycles. The van der Waals surface area contributed by atoms with Gasteiger partial charge in [-0.15, -0.1) is 0 Å². The summed E-state index contributed by atoms with van der Waals surface area (Å²) >= 11 is 11.8. The van der Waals surface area contributed by atoms with E-state index in [2.05, 4.69) is 4.98 Å². The fourth-order valence-corrected chi connectivity index (χ4v) is 3.07. The average molecular weight is 285 g/mol. The molecule has 0 amide bonds. The van der Waals surface area contributed by atoms with E-state index in [4.69, 9.17) is 28.9 Å². The second-order valence-corrected chi connectivity index (χ2v) is 5.32. The number of nitrogen functional groups attached to an aromatic ring is 1. The molecule has 0 fully saturated rings. The van der Waals surface area contributed by atoms with Gasteiger partial charge in [0, 0.05) is 16.8 Å². The molecule has 1 aromatic heterocycles. The van der Waals surface area contributed by atoms with Crippen LogP contribution in [-0.4, -0.2) is 4.98 Å². The maximum atomic E-state index is 13.7. The first kappa shape index (κ1) is 12.0. The number of benzene rings is 1. The van der Waals surface area contributed by atoms with Crippen molar-refractivity contribution in [3.63, 3.8) is 0 Å². The summed E-state index contributed by atoms with van der Waals surface area (Å²) in [6.45, 7) is 0. The van der Waals surface area contributed by atoms with Gasteiger partial charge < -0.3 is 5.73 Å². The topological polar surface area (TPSA) is 38.9 Å². The summed E-state index contributed by atoms with van der Waals surface area (Å²) < 4.78 is 13.7. The number of halogens is 3.